The normalized spacial score (nSPS) is 11.7. The number of benzene rings is 2. The molecule has 3 heteroatoms. The Kier molecular flexibility index (Phi) is 7.16. The molecule has 0 spiro atoms. The van der Waals surface area contributed by atoms with Gasteiger partial charge in [0.2, 0.25) is 0 Å². The maximum atomic E-state index is 10.0. The Hall–Kier alpha value is -2.67. The lowest BCUT2D eigenvalue weighted by molar-refractivity contribution is 0.108. The fourth-order valence-electron chi connectivity index (χ4n) is 2.69. The quantitative estimate of drug-likeness (QED) is 0.747. The highest BCUT2D eigenvalue weighted by Crippen LogP contribution is 2.14. The topological polar surface area (TPSA) is 47.3 Å². The van der Waals surface area contributed by atoms with E-state index in [1.807, 2.05) is 42.5 Å². The minimum Gasteiger partial charge on any atom is -0.391 e. The van der Waals surface area contributed by atoms with Crippen LogP contribution in [0.3, 0.4) is 0 Å². The van der Waals surface area contributed by atoms with Crippen LogP contribution in [-0.2, 0) is 13.1 Å². The maximum absolute atomic E-state index is 10.0. The van der Waals surface area contributed by atoms with Crippen molar-refractivity contribution in [3.8, 4) is 6.07 Å². The monoisotopic (exact) mass is 332 g/mol. The van der Waals surface area contributed by atoms with Gasteiger partial charge >= 0.3 is 0 Å². The minimum absolute atomic E-state index is 0.140. The fourth-order valence-corrected chi connectivity index (χ4v) is 2.69. The standard InChI is InChI=1S/C22H24N2O/c1-3-18-5-9-20(10-6-18)15-24(17-22(25)13-14-23)16-21-11-7-19(4-2)8-12-21/h3-12,22,25H,1-2,13,15-17H2. The smallest absolute Gasteiger partial charge is 0.0797 e. The minimum atomic E-state index is -0.648. The molecule has 0 saturated heterocycles. The second-order valence-corrected chi connectivity index (χ2v) is 6.08. The summed E-state index contributed by atoms with van der Waals surface area (Å²) in [4.78, 5) is 2.16. The van der Waals surface area contributed by atoms with Gasteiger partial charge in [0, 0.05) is 19.6 Å². The number of rotatable bonds is 9. The third-order valence-corrected chi connectivity index (χ3v) is 4.04. The summed E-state index contributed by atoms with van der Waals surface area (Å²) in [6.45, 7) is 9.42. The van der Waals surface area contributed by atoms with Gasteiger partial charge in [-0.3, -0.25) is 4.90 Å². The van der Waals surface area contributed by atoms with Gasteiger partial charge in [-0.2, -0.15) is 5.26 Å². The molecule has 2 aromatic carbocycles. The van der Waals surface area contributed by atoms with Gasteiger partial charge in [0.15, 0.2) is 0 Å². The predicted molar refractivity (Wildman–Crippen MR) is 103 cm³/mol. The SMILES string of the molecule is C=Cc1ccc(CN(Cc2ccc(C=C)cc2)CC(O)CC#N)cc1. The molecule has 1 unspecified atom stereocenters. The summed E-state index contributed by atoms with van der Waals surface area (Å²) >= 11 is 0. The summed E-state index contributed by atoms with van der Waals surface area (Å²) < 4.78 is 0. The van der Waals surface area contributed by atoms with Crippen molar-refractivity contribution in [2.75, 3.05) is 6.54 Å². The largest absolute Gasteiger partial charge is 0.391 e. The van der Waals surface area contributed by atoms with Crippen LogP contribution in [0.15, 0.2) is 61.7 Å². The Morgan fingerprint density at radius 1 is 0.920 bits per heavy atom. The lowest BCUT2D eigenvalue weighted by Crippen LogP contribution is -2.31. The van der Waals surface area contributed by atoms with Crippen molar-refractivity contribution in [1.82, 2.24) is 4.90 Å². The lowest BCUT2D eigenvalue weighted by atomic mass is 10.1. The fraction of sp³-hybridized carbons (Fsp3) is 0.227. The molecule has 0 fully saturated rings. The number of hydrogen-bond acceptors (Lipinski definition) is 3. The maximum Gasteiger partial charge on any atom is 0.0797 e. The van der Waals surface area contributed by atoms with Crippen LogP contribution in [-0.4, -0.2) is 22.7 Å². The Bertz CT molecular complexity index is 673. The highest BCUT2D eigenvalue weighted by Gasteiger charge is 2.13. The van der Waals surface area contributed by atoms with E-state index in [0.29, 0.717) is 19.6 Å². The van der Waals surface area contributed by atoms with E-state index in [4.69, 9.17) is 5.26 Å². The van der Waals surface area contributed by atoms with Crippen molar-refractivity contribution >= 4 is 12.2 Å². The summed E-state index contributed by atoms with van der Waals surface area (Å²) in [5, 5.41) is 18.8. The summed E-state index contributed by atoms with van der Waals surface area (Å²) in [7, 11) is 0. The van der Waals surface area contributed by atoms with Crippen molar-refractivity contribution < 1.29 is 5.11 Å². The number of hydrogen-bond donors (Lipinski definition) is 1. The van der Waals surface area contributed by atoms with Crippen LogP contribution in [0, 0.1) is 11.3 Å². The predicted octanol–water partition coefficient (Wildman–Crippen LogP) is 4.25. The van der Waals surface area contributed by atoms with Crippen molar-refractivity contribution in [2.24, 2.45) is 0 Å². The first-order chi connectivity index (χ1) is 12.1. The first kappa shape index (κ1) is 18.7. The van der Waals surface area contributed by atoms with Crippen molar-refractivity contribution in [2.45, 2.75) is 25.6 Å². The van der Waals surface area contributed by atoms with Gasteiger partial charge in [-0.1, -0.05) is 73.8 Å². The first-order valence-corrected chi connectivity index (χ1v) is 8.34. The van der Waals surface area contributed by atoms with Gasteiger partial charge in [0.05, 0.1) is 18.6 Å². The molecule has 128 valence electrons. The first-order valence-electron chi connectivity index (χ1n) is 8.34. The molecule has 0 aliphatic heterocycles. The molecule has 25 heavy (non-hydrogen) atoms. The zero-order valence-electron chi connectivity index (χ0n) is 14.4. The number of nitrogens with zero attached hydrogens (tertiary/aromatic N) is 2. The summed E-state index contributed by atoms with van der Waals surface area (Å²) in [6.07, 6.45) is 3.13. The van der Waals surface area contributed by atoms with Crippen LogP contribution in [0.2, 0.25) is 0 Å². The molecule has 1 N–H and O–H groups in total. The molecular formula is C22H24N2O. The molecule has 0 amide bonds. The van der Waals surface area contributed by atoms with E-state index in [0.717, 1.165) is 22.3 Å². The molecule has 2 aromatic rings. The Balaban J connectivity index is 2.11. The molecule has 0 aliphatic carbocycles. The highest BCUT2D eigenvalue weighted by atomic mass is 16.3. The van der Waals surface area contributed by atoms with E-state index in [9.17, 15) is 5.11 Å². The molecule has 0 bridgehead atoms. The van der Waals surface area contributed by atoms with Gasteiger partial charge in [0.1, 0.15) is 0 Å². The van der Waals surface area contributed by atoms with Gasteiger partial charge in [-0.05, 0) is 22.3 Å². The van der Waals surface area contributed by atoms with Crippen LogP contribution in [0.4, 0.5) is 0 Å². The van der Waals surface area contributed by atoms with E-state index in [2.05, 4.69) is 42.3 Å². The molecule has 3 nitrogen and oxygen atoms in total. The van der Waals surface area contributed by atoms with Crippen LogP contribution in [0.1, 0.15) is 28.7 Å². The third-order valence-electron chi connectivity index (χ3n) is 4.04. The average Bonchev–Trinajstić information content (AvgIpc) is 2.63. The third kappa shape index (κ3) is 6.04. The lowest BCUT2D eigenvalue weighted by Gasteiger charge is -2.24. The Morgan fingerprint density at radius 3 is 1.72 bits per heavy atom. The van der Waals surface area contributed by atoms with E-state index >= 15 is 0 Å². The van der Waals surface area contributed by atoms with Gasteiger partial charge < -0.3 is 5.11 Å². The zero-order chi connectivity index (χ0) is 18.1. The molecule has 1 atom stereocenters. The Labute approximate surface area is 150 Å². The van der Waals surface area contributed by atoms with Gasteiger partial charge in [-0.25, -0.2) is 0 Å². The van der Waals surface area contributed by atoms with Crippen molar-refractivity contribution in [1.29, 1.82) is 5.26 Å². The van der Waals surface area contributed by atoms with E-state index in [1.54, 1.807) is 0 Å². The van der Waals surface area contributed by atoms with E-state index < -0.39 is 6.10 Å². The van der Waals surface area contributed by atoms with E-state index in [1.165, 1.54) is 0 Å². The molecule has 0 heterocycles. The van der Waals surface area contributed by atoms with Crippen LogP contribution >= 0.6 is 0 Å². The van der Waals surface area contributed by atoms with Gasteiger partial charge in [0.25, 0.3) is 0 Å². The molecule has 0 saturated carbocycles. The molecular weight excluding hydrogens is 308 g/mol. The molecule has 0 aromatic heterocycles. The van der Waals surface area contributed by atoms with Crippen LogP contribution in [0.5, 0.6) is 0 Å². The van der Waals surface area contributed by atoms with Gasteiger partial charge in [-0.15, -0.1) is 0 Å². The number of aliphatic hydroxyl groups is 1. The van der Waals surface area contributed by atoms with Crippen LogP contribution in [0.25, 0.3) is 12.2 Å². The van der Waals surface area contributed by atoms with Crippen molar-refractivity contribution in [3.05, 3.63) is 83.9 Å². The second-order valence-electron chi connectivity index (χ2n) is 6.08. The molecule has 0 aliphatic rings. The highest BCUT2D eigenvalue weighted by molar-refractivity contribution is 5.47. The second kappa shape index (κ2) is 9.58. The zero-order valence-corrected chi connectivity index (χ0v) is 14.4. The molecule has 0 radical (unpaired) electrons. The van der Waals surface area contributed by atoms with E-state index in [-0.39, 0.29) is 6.42 Å². The van der Waals surface area contributed by atoms with Crippen molar-refractivity contribution in [3.63, 3.8) is 0 Å². The molecule has 2 rings (SSSR count). The summed E-state index contributed by atoms with van der Waals surface area (Å²) in [6, 6.07) is 18.4. The number of nitriles is 1. The summed E-state index contributed by atoms with van der Waals surface area (Å²) in [5.74, 6) is 0. The van der Waals surface area contributed by atoms with Crippen LogP contribution < -0.4 is 0 Å². The average molecular weight is 332 g/mol. The Morgan fingerprint density at radius 2 is 1.36 bits per heavy atom. The number of aliphatic hydroxyl groups excluding tert-OH is 1. The summed E-state index contributed by atoms with van der Waals surface area (Å²) in [5.41, 5.74) is 4.49.